The summed E-state index contributed by atoms with van der Waals surface area (Å²) >= 11 is 0. The lowest BCUT2D eigenvalue weighted by atomic mass is 10.2. The highest BCUT2D eigenvalue weighted by Gasteiger charge is 2.33. The number of ether oxygens (including phenoxy) is 1. The van der Waals surface area contributed by atoms with Gasteiger partial charge < -0.3 is 24.5 Å². The molecule has 8 heteroatoms. The number of aliphatic hydroxyl groups excluding tert-OH is 1. The molecule has 0 saturated carbocycles. The topological polar surface area (TPSA) is 101 Å². The molecule has 2 atom stereocenters. The quantitative estimate of drug-likeness (QED) is 0.883. The fourth-order valence-corrected chi connectivity index (χ4v) is 2.66. The first-order valence-corrected chi connectivity index (χ1v) is 7.82. The van der Waals surface area contributed by atoms with E-state index in [2.05, 4.69) is 15.5 Å². The maximum absolute atomic E-state index is 12.4. The molecule has 1 saturated heterocycles. The van der Waals surface area contributed by atoms with Gasteiger partial charge in [-0.2, -0.15) is 0 Å². The van der Waals surface area contributed by atoms with Gasteiger partial charge in [0.15, 0.2) is 0 Å². The Kier molecular flexibility index (Phi) is 4.77. The molecular formula is C16H20N4O4. The number of anilines is 1. The fourth-order valence-electron chi connectivity index (χ4n) is 2.66. The predicted molar refractivity (Wildman–Crippen MR) is 86.5 cm³/mol. The second-order valence-corrected chi connectivity index (χ2v) is 5.59. The van der Waals surface area contributed by atoms with E-state index in [0.717, 1.165) is 5.56 Å². The summed E-state index contributed by atoms with van der Waals surface area (Å²) in [7, 11) is 0. The van der Waals surface area contributed by atoms with Crippen molar-refractivity contribution in [1.82, 2.24) is 15.1 Å². The molecule has 0 radical (unpaired) electrons. The number of hydrogen-bond acceptors (Lipinski definition) is 6. The van der Waals surface area contributed by atoms with Crippen LogP contribution in [-0.4, -0.2) is 58.1 Å². The lowest BCUT2D eigenvalue weighted by Gasteiger charge is -2.28. The van der Waals surface area contributed by atoms with Crippen LogP contribution in [0, 0.1) is 6.92 Å². The summed E-state index contributed by atoms with van der Waals surface area (Å²) in [6, 6.07) is 6.53. The average Bonchev–Trinajstić information content (AvgIpc) is 3.18. The summed E-state index contributed by atoms with van der Waals surface area (Å²) in [6.45, 7) is 4.68. The third-order valence-corrected chi connectivity index (χ3v) is 3.93. The van der Waals surface area contributed by atoms with Crippen LogP contribution in [0.4, 0.5) is 10.5 Å². The first kappa shape index (κ1) is 16.4. The molecule has 0 aliphatic carbocycles. The number of aliphatic hydroxyl groups is 1. The van der Waals surface area contributed by atoms with Crippen LogP contribution in [-0.2, 0) is 4.74 Å². The molecule has 1 aromatic heterocycles. The Morgan fingerprint density at radius 3 is 2.62 bits per heavy atom. The van der Waals surface area contributed by atoms with Gasteiger partial charge in [0.25, 0.3) is 0 Å². The molecule has 1 aliphatic heterocycles. The molecule has 2 N–H and O–H groups in total. The first-order chi connectivity index (χ1) is 11.6. The van der Waals surface area contributed by atoms with Crippen LogP contribution in [0.5, 0.6) is 0 Å². The number of benzene rings is 1. The number of urea groups is 1. The zero-order chi connectivity index (χ0) is 17.1. The van der Waals surface area contributed by atoms with Gasteiger partial charge in [-0.3, -0.25) is 0 Å². The molecule has 1 fully saturated rings. The summed E-state index contributed by atoms with van der Waals surface area (Å²) in [5.41, 5.74) is 1.42. The van der Waals surface area contributed by atoms with E-state index in [1.165, 1.54) is 0 Å². The zero-order valence-corrected chi connectivity index (χ0v) is 13.6. The maximum Gasteiger partial charge on any atom is 0.322 e. The molecule has 0 unspecified atom stereocenters. The number of likely N-dealkylation sites (N-methyl/N-ethyl adjacent to an activating group) is 1. The van der Waals surface area contributed by atoms with Crippen LogP contribution in [0.2, 0.25) is 0 Å². The van der Waals surface area contributed by atoms with E-state index in [4.69, 9.17) is 9.15 Å². The van der Waals surface area contributed by atoms with Crippen LogP contribution in [0.15, 0.2) is 28.7 Å². The van der Waals surface area contributed by atoms with E-state index in [-0.39, 0.29) is 18.7 Å². The number of nitrogens with zero attached hydrogens (tertiary/aromatic N) is 3. The van der Waals surface area contributed by atoms with Gasteiger partial charge in [0, 0.05) is 24.7 Å². The highest BCUT2D eigenvalue weighted by Crippen LogP contribution is 2.21. The minimum Gasteiger partial charge on any atom is -0.421 e. The van der Waals surface area contributed by atoms with Gasteiger partial charge in [-0.05, 0) is 31.2 Å². The molecule has 0 spiro atoms. The van der Waals surface area contributed by atoms with Crippen LogP contribution in [0.3, 0.4) is 0 Å². The number of hydrogen-bond donors (Lipinski definition) is 2. The van der Waals surface area contributed by atoms with Gasteiger partial charge in [0.2, 0.25) is 11.8 Å². The van der Waals surface area contributed by atoms with Crippen LogP contribution < -0.4 is 5.32 Å². The van der Waals surface area contributed by atoms with E-state index < -0.39 is 6.10 Å². The minimum absolute atomic E-state index is 0.257. The normalized spacial score (nSPS) is 20.1. The SMILES string of the molecule is CCN(C(=O)Nc1ccc(-c2nnc(C)o2)cc1)[C@H]1COC[C@@H]1O. The number of aromatic nitrogens is 2. The second kappa shape index (κ2) is 6.98. The third kappa shape index (κ3) is 3.39. The Bertz CT molecular complexity index is 700. The van der Waals surface area contributed by atoms with Crippen molar-refractivity contribution in [2.45, 2.75) is 26.0 Å². The molecule has 2 aromatic rings. The van der Waals surface area contributed by atoms with Gasteiger partial charge in [-0.25, -0.2) is 4.79 Å². The van der Waals surface area contributed by atoms with E-state index >= 15 is 0 Å². The second-order valence-electron chi connectivity index (χ2n) is 5.59. The first-order valence-electron chi connectivity index (χ1n) is 7.82. The molecule has 2 amide bonds. The largest absolute Gasteiger partial charge is 0.421 e. The fraction of sp³-hybridized carbons (Fsp3) is 0.438. The van der Waals surface area contributed by atoms with Crippen molar-refractivity contribution in [3.05, 3.63) is 30.2 Å². The summed E-state index contributed by atoms with van der Waals surface area (Å²) < 4.78 is 10.6. The van der Waals surface area contributed by atoms with Crippen molar-refractivity contribution >= 4 is 11.7 Å². The summed E-state index contributed by atoms with van der Waals surface area (Å²) in [6.07, 6.45) is -0.654. The lowest BCUT2D eigenvalue weighted by molar-refractivity contribution is 0.1000. The predicted octanol–water partition coefficient (Wildman–Crippen LogP) is 1.66. The van der Waals surface area contributed by atoms with Crippen molar-refractivity contribution in [1.29, 1.82) is 0 Å². The summed E-state index contributed by atoms with van der Waals surface area (Å²) in [5, 5.41) is 20.5. The van der Waals surface area contributed by atoms with Crippen molar-refractivity contribution in [3.8, 4) is 11.5 Å². The Labute approximate surface area is 139 Å². The molecule has 8 nitrogen and oxygen atoms in total. The van der Waals surface area contributed by atoms with E-state index in [1.807, 2.05) is 6.92 Å². The maximum atomic E-state index is 12.4. The average molecular weight is 332 g/mol. The Balaban J connectivity index is 1.67. The van der Waals surface area contributed by atoms with Crippen LogP contribution in [0.1, 0.15) is 12.8 Å². The Morgan fingerprint density at radius 2 is 2.08 bits per heavy atom. The van der Waals surface area contributed by atoms with Gasteiger partial charge in [-0.15, -0.1) is 10.2 Å². The molecule has 24 heavy (non-hydrogen) atoms. The minimum atomic E-state index is -0.654. The molecule has 0 bridgehead atoms. The number of carbonyl (C=O) groups is 1. The Morgan fingerprint density at radius 1 is 1.33 bits per heavy atom. The smallest absolute Gasteiger partial charge is 0.322 e. The number of amides is 2. The van der Waals surface area contributed by atoms with Gasteiger partial charge in [0.05, 0.1) is 25.4 Å². The van der Waals surface area contributed by atoms with Crippen molar-refractivity contribution in [3.63, 3.8) is 0 Å². The summed E-state index contributed by atoms with van der Waals surface area (Å²) in [5.74, 6) is 0.935. The molecule has 1 aliphatic rings. The number of rotatable bonds is 4. The summed E-state index contributed by atoms with van der Waals surface area (Å²) in [4.78, 5) is 14.0. The standard InChI is InChI=1S/C16H20N4O4/c1-3-20(13-8-23-9-14(13)21)16(22)17-12-6-4-11(5-7-12)15-19-18-10(2)24-15/h4-7,13-14,21H,3,8-9H2,1-2H3,(H,17,22)/t13-,14-/m0/s1. The number of carbonyl (C=O) groups excluding carboxylic acids is 1. The molecular weight excluding hydrogens is 312 g/mol. The van der Waals surface area contributed by atoms with E-state index in [1.54, 1.807) is 36.1 Å². The van der Waals surface area contributed by atoms with Crippen LogP contribution >= 0.6 is 0 Å². The molecule has 3 rings (SSSR count). The van der Waals surface area contributed by atoms with Crippen LogP contribution in [0.25, 0.3) is 11.5 Å². The number of aryl methyl sites for hydroxylation is 1. The van der Waals surface area contributed by atoms with Crippen molar-refractivity contribution < 1.29 is 19.1 Å². The van der Waals surface area contributed by atoms with Crippen molar-refractivity contribution in [2.75, 3.05) is 25.1 Å². The molecule has 2 heterocycles. The highest BCUT2D eigenvalue weighted by atomic mass is 16.5. The van der Waals surface area contributed by atoms with Gasteiger partial charge in [0.1, 0.15) is 0 Å². The lowest BCUT2D eigenvalue weighted by Crippen LogP contribution is -2.48. The zero-order valence-electron chi connectivity index (χ0n) is 13.6. The Hall–Kier alpha value is -2.45. The van der Waals surface area contributed by atoms with E-state index in [0.29, 0.717) is 30.6 Å². The van der Waals surface area contributed by atoms with Crippen molar-refractivity contribution in [2.24, 2.45) is 0 Å². The van der Waals surface area contributed by atoms with Gasteiger partial charge in [-0.1, -0.05) is 0 Å². The molecule has 128 valence electrons. The third-order valence-electron chi connectivity index (χ3n) is 3.93. The molecule has 1 aromatic carbocycles. The monoisotopic (exact) mass is 332 g/mol. The number of nitrogens with one attached hydrogen (secondary N) is 1. The highest BCUT2D eigenvalue weighted by molar-refractivity contribution is 5.89. The van der Waals surface area contributed by atoms with Gasteiger partial charge >= 0.3 is 6.03 Å². The van der Waals surface area contributed by atoms with E-state index in [9.17, 15) is 9.90 Å².